The average Bonchev–Trinajstić information content (AvgIpc) is 3.13. The Morgan fingerprint density at radius 1 is 1.09 bits per heavy atom. The van der Waals surface area contributed by atoms with E-state index in [1.165, 1.54) is 12.1 Å². The number of halogens is 4. The van der Waals surface area contributed by atoms with Crippen LogP contribution in [0.1, 0.15) is 47.9 Å². The fraction of sp³-hybridized carbons (Fsp3) is 0.391. The minimum absolute atomic E-state index is 0.200. The highest BCUT2D eigenvalue weighted by molar-refractivity contribution is 5.86. The van der Waals surface area contributed by atoms with Gasteiger partial charge in [0.05, 0.1) is 12.6 Å². The summed E-state index contributed by atoms with van der Waals surface area (Å²) in [5.41, 5.74) is 1.18. The molecule has 1 aliphatic heterocycles. The summed E-state index contributed by atoms with van der Waals surface area (Å²) in [7, 11) is 0. The van der Waals surface area contributed by atoms with Gasteiger partial charge in [0.1, 0.15) is 18.0 Å². The third kappa shape index (κ3) is 4.42. The topological polar surface area (TPSA) is 69.6 Å². The molecule has 2 aromatic carbocycles. The van der Waals surface area contributed by atoms with Gasteiger partial charge >= 0.3 is 6.09 Å². The minimum atomic E-state index is -2.78. The lowest BCUT2D eigenvalue weighted by molar-refractivity contribution is -0.125. The van der Waals surface area contributed by atoms with E-state index in [2.05, 4.69) is 5.32 Å². The summed E-state index contributed by atoms with van der Waals surface area (Å²) in [6.07, 6.45) is -3.91. The Hall–Kier alpha value is -3.10. The molecule has 4 rings (SSSR count). The van der Waals surface area contributed by atoms with Gasteiger partial charge in [-0.1, -0.05) is 42.5 Å². The second-order valence-corrected chi connectivity index (χ2v) is 8.38. The predicted octanol–water partition coefficient (Wildman–Crippen LogP) is 4.63. The molecule has 1 aliphatic carbocycles. The number of hydrogen-bond acceptors (Lipinski definition) is 2. The van der Waals surface area contributed by atoms with Crippen LogP contribution in [-0.2, 0) is 4.79 Å². The van der Waals surface area contributed by atoms with Crippen LogP contribution >= 0.6 is 0 Å². The van der Waals surface area contributed by atoms with Crippen LogP contribution in [0.5, 0.6) is 0 Å². The van der Waals surface area contributed by atoms with Gasteiger partial charge in [-0.2, -0.15) is 0 Å². The van der Waals surface area contributed by atoms with E-state index in [1.54, 1.807) is 36.4 Å². The van der Waals surface area contributed by atoms with Crippen LogP contribution in [0.25, 0.3) is 0 Å². The molecule has 3 atom stereocenters. The van der Waals surface area contributed by atoms with E-state index in [-0.39, 0.29) is 12.0 Å². The van der Waals surface area contributed by atoms with Gasteiger partial charge in [0, 0.05) is 19.3 Å². The van der Waals surface area contributed by atoms with E-state index in [1.807, 2.05) is 0 Å². The van der Waals surface area contributed by atoms with Gasteiger partial charge in [-0.05, 0) is 28.7 Å². The largest absolute Gasteiger partial charge is 0.465 e. The Labute approximate surface area is 182 Å². The molecule has 32 heavy (non-hydrogen) atoms. The van der Waals surface area contributed by atoms with E-state index in [0.717, 1.165) is 4.90 Å². The van der Waals surface area contributed by atoms with Gasteiger partial charge in [-0.3, -0.25) is 9.69 Å². The monoisotopic (exact) mass is 450 g/mol. The molecule has 9 heteroatoms. The Morgan fingerprint density at radius 3 is 2.38 bits per heavy atom. The number of hydrogen-bond donors (Lipinski definition) is 2. The molecule has 1 heterocycles. The number of carbonyl (C=O) groups excluding carboxylic acids is 1. The highest BCUT2D eigenvalue weighted by Gasteiger charge is 2.46. The minimum Gasteiger partial charge on any atom is -0.465 e. The maximum absolute atomic E-state index is 14.8. The summed E-state index contributed by atoms with van der Waals surface area (Å²) in [6.45, 7) is -0.390. The number of carboxylic acid groups (broad SMARTS) is 1. The van der Waals surface area contributed by atoms with Gasteiger partial charge in [0.25, 0.3) is 0 Å². The quantitative estimate of drug-likeness (QED) is 0.653. The number of carbonyl (C=O) groups is 2. The molecule has 3 unspecified atom stereocenters. The first-order valence-corrected chi connectivity index (χ1v) is 10.3. The number of likely N-dealkylation sites (tertiary alicyclic amines) is 1. The Morgan fingerprint density at radius 2 is 1.78 bits per heavy atom. The second kappa shape index (κ2) is 8.44. The van der Waals surface area contributed by atoms with Crippen molar-refractivity contribution in [1.82, 2.24) is 10.2 Å². The van der Waals surface area contributed by atoms with Crippen LogP contribution in [0.15, 0.2) is 48.5 Å². The lowest BCUT2D eigenvalue weighted by atomic mass is 9.76. The molecule has 0 bridgehead atoms. The van der Waals surface area contributed by atoms with E-state index in [0.29, 0.717) is 11.1 Å². The molecule has 2 fully saturated rings. The summed E-state index contributed by atoms with van der Waals surface area (Å²) in [6, 6.07) is 10.8. The molecule has 0 radical (unpaired) electrons. The van der Waals surface area contributed by atoms with Gasteiger partial charge in [0.2, 0.25) is 11.8 Å². The molecular formula is C23H22F4N2O3. The maximum atomic E-state index is 14.8. The molecule has 2 aliphatic rings. The number of nitrogens with one attached hydrogen (secondary N) is 1. The highest BCUT2D eigenvalue weighted by atomic mass is 19.3. The van der Waals surface area contributed by atoms with Crippen molar-refractivity contribution in [1.29, 1.82) is 0 Å². The van der Waals surface area contributed by atoms with Crippen molar-refractivity contribution in [2.24, 2.45) is 0 Å². The van der Waals surface area contributed by atoms with Crippen molar-refractivity contribution in [2.45, 2.75) is 49.4 Å². The van der Waals surface area contributed by atoms with E-state index in [4.69, 9.17) is 0 Å². The van der Waals surface area contributed by atoms with Crippen molar-refractivity contribution >= 4 is 12.0 Å². The summed E-state index contributed by atoms with van der Waals surface area (Å²) >= 11 is 0. The number of amides is 2. The Balaban J connectivity index is 1.60. The molecular weight excluding hydrogens is 428 g/mol. The summed E-state index contributed by atoms with van der Waals surface area (Å²) < 4.78 is 55.0. The molecule has 2 N–H and O–H groups in total. The lowest BCUT2D eigenvalue weighted by Crippen LogP contribution is -2.46. The SMILES string of the molecule is O=C(NC(c1ccccc1)c1ccc(C2CC(F)(F)C2)c(F)c1)C1CC(F)CN1C(=O)O. The van der Waals surface area contributed by atoms with Crippen LogP contribution in [0.3, 0.4) is 0 Å². The van der Waals surface area contributed by atoms with Gasteiger partial charge < -0.3 is 10.4 Å². The van der Waals surface area contributed by atoms with Gasteiger partial charge in [-0.15, -0.1) is 0 Å². The summed E-state index contributed by atoms with van der Waals surface area (Å²) in [5, 5.41) is 12.0. The number of alkyl halides is 3. The van der Waals surface area contributed by atoms with E-state index >= 15 is 0 Å². The zero-order valence-corrected chi connectivity index (χ0v) is 17.0. The average molecular weight is 450 g/mol. The molecule has 0 aromatic heterocycles. The molecule has 2 aromatic rings. The molecule has 170 valence electrons. The summed E-state index contributed by atoms with van der Waals surface area (Å²) in [4.78, 5) is 25.0. The zero-order chi connectivity index (χ0) is 23.0. The Bertz CT molecular complexity index is 1010. The first-order chi connectivity index (χ1) is 15.1. The standard InChI is InChI=1S/C23H22F4N2O3/c24-16-9-19(29(12-16)22(31)32)21(30)28-20(13-4-2-1-3-5-13)14-6-7-17(18(25)8-14)15-10-23(26,27)11-15/h1-8,15-16,19-20H,9-12H2,(H,28,30)(H,31,32). The van der Waals surface area contributed by atoms with Crippen molar-refractivity contribution in [3.05, 3.63) is 71.0 Å². The van der Waals surface area contributed by atoms with Crippen LogP contribution in [-0.4, -0.2) is 46.7 Å². The predicted molar refractivity (Wildman–Crippen MR) is 108 cm³/mol. The van der Waals surface area contributed by atoms with Gasteiger partial charge in [-0.25, -0.2) is 22.4 Å². The van der Waals surface area contributed by atoms with Gasteiger partial charge in [0.15, 0.2) is 0 Å². The van der Waals surface area contributed by atoms with Crippen LogP contribution in [0, 0.1) is 5.82 Å². The van der Waals surface area contributed by atoms with E-state index in [9.17, 15) is 32.3 Å². The third-order valence-electron chi connectivity index (χ3n) is 6.11. The molecule has 1 saturated carbocycles. The van der Waals surface area contributed by atoms with Crippen molar-refractivity contribution in [2.75, 3.05) is 6.54 Å². The smallest absolute Gasteiger partial charge is 0.408 e. The van der Waals surface area contributed by atoms with Crippen molar-refractivity contribution in [3.63, 3.8) is 0 Å². The first kappa shape index (κ1) is 22.1. The van der Waals surface area contributed by atoms with Crippen LogP contribution in [0.4, 0.5) is 22.4 Å². The second-order valence-electron chi connectivity index (χ2n) is 8.38. The maximum Gasteiger partial charge on any atom is 0.408 e. The Kier molecular flexibility index (Phi) is 5.83. The molecule has 1 saturated heterocycles. The third-order valence-corrected chi connectivity index (χ3v) is 6.11. The zero-order valence-electron chi connectivity index (χ0n) is 17.0. The first-order valence-electron chi connectivity index (χ1n) is 10.3. The fourth-order valence-corrected chi connectivity index (χ4v) is 4.42. The van der Waals surface area contributed by atoms with Crippen molar-refractivity contribution in [3.8, 4) is 0 Å². The number of benzene rings is 2. The summed E-state index contributed by atoms with van der Waals surface area (Å²) in [5.74, 6) is -4.67. The molecule has 5 nitrogen and oxygen atoms in total. The van der Waals surface area contributed by atoms with Crippen LogP contribution in [0.2, 0.25) is 0 Å². The fourth-order valence-electron chi connectivity index (χ4n) is 4.42. The molecule has 0 spiro atoms. The number of rotatable bonds is 5. The lowest BCUT2D eigenvalue weighted by Gasteiger charge is -2.35. The number of nitrogens with zero attached hydrogens (tertiary/aromatic N) is 1. The normalized spacial score (nSPS) is 23.4. The molecule has 2 amide bonds. The van der Waals surface area contributed by atoms with Crippen molar-refractivity contribution < 1.29 is 32.3 Å². The van der Waals surface area contributed by atoms with E-state index < -0.39 is 67.3 Å². The van der Waals surface area contributed by atoms with Crippen LogP contribution < -0.4 is 5.32 Å². The highest BCUT2D eigenvalue weighted by Crippen LogP contribution is 2.49.